The van der Waals surface area contributed by atoms with Crippen LogP contribution in [0.5, 0.6) is 0 Å². The minimum atomic E-state index is -3.97. The number of rotatable bonds is 17. The molecule has 1 saturated heterocycles. The third kappa shape index (κ3) is 11.5. The number of hydrogen-bond donors (Lipinski definition) is 4. The minimum Gasteiger partial charge on any atom is -0.392 e. The Morgan fingerprint density at radius 2 is 1.40 bits per heavy atom. The van der Waals surface area contributed by atoms with Gasteiger partial charge in [0, 0.05) is 31.1 Å². The van der Waals surface area contributed by atoms with Crippen molar-refractivity contribution >= 4 is 15.9 Å². The van der Waals surface area contributed by atoms with Gasteiger partial charge in [-0.25, -0.2) is 8.42 Å². The lowest BCUT2D eigenvalue weighted by molar-refractivity contribution is -0.253. The molecule has 62 heavy (non-hydrogen) atoms. The molecule has 6 unspecified atom stereocenters. The van der Waals surface area contributed by atoms with Crippen molar-refractivity contribution in [1.82, 2.24) is 14.9 Å². The summed E-state index contributed by atoms with van der Waals surface area (Å²) in [5, 5.41) is 23.8. The summed E-state index contributed by atoms with van der Waals surface area (Å²) >= 11 is 0. The second-order valence-corrected chi connectivity index (χ2v) is 17.8. The van der Waals surface area contributed by atoms with Crippen molar-refractivity contribution < 1.29 is 32.9 Å². The standard InChI is InChI=1S/C51H55N3O7S/c1-35-17-27-46(28-18-35)62(58,59)53-47(30-37-11-6-4-7-12-37)50(57)52-32-39-13-10-16-44(29-39)40-23-25-43(26-24-40)51-60-45(31-48(61-51)41-21-19-38(34-55)20-22-41)33-54(3)36(2)49(56)42-14-8-5-9-15-42/h4-29,36,45,47-49,51,53,55-56H,30-34H2,1-3H3,(H,52,57). The molecule has 1 aliphatic rings. The van der Waals surface area contributed by atoms with E-state index in [2.05, 4.69) is 14.9 Å². The Balaban J connectivity index is 1.04. The Bertz CT molecular complexity index is 2470. The number of amides is 1. The van der Waals surface area contributed by atoms with Crippen LogP contribution in [0.1, 0.15) is 70.8 Å². The Hall–Kier alpha value is -5.50. The van der Waals surface area contributed by atoms with Crippen molar-refractivity contribution in [3.05, 3.63) is 197 Å². The summed E-state index contributed by atoms with van der Waals surface area (Å²) in [6, 6.07) is 48.1. The molecule has 1 aliphatic heterocycles. The molecule has 0 aliphatic carbocycles. The van der Waals surface area contributed by atoms with Crippen LogP contribution in [-0.2, 0) is 43.9 Å². The van der Waals surface area contributed by atoms with Crippen LogP contribution in [-0.4, -0.2) is 61.2 Å². The van der Waals surface area contributed by atoms with Gasteiger partial charge in [-0.05, 0) is 84.5 Å². The Morgan fingerprint density at radius 3 is 2.08 bits per heavy atom. The van der Waals surface area contributed by atoms with Gasteiger partial charge in [-0.1, -0.05) is 145 Å². The number of aryl methyl sites for hydroxylation is 1. The fourth-order valence-corrected chi connectivity index (χ4v) is 8.90. The maximum atomic E-state index is 13.7. The number of likely N-dealkylation sites (N-methyl/N-ethyl adjacent to an activating group) is 1. The van der Waals surface area contributed by atoms with Crippen LogP contribution < -0.4 is 10.0 Å². The maximum absolute atomic E-state index is 13.7. The molecule has 6 aromatic rings. The van der Waals surface area contributed by atoms with Gasteiger partial charge < -0.3 is 25.0 Å². The number of hydrogen-bond acceptors (Lipinski definition) is 8. The number of aliphatic hydroxyl groups excluding tert-OH is 2. The van der Waals surface area contributed by atoms with E-state index in [1.54, 1.807) is 12.1 Å². The minimum absolute atomic E-state index is 0.0371. The first kappa shape index (κ1) is 44.6. The lowest BCUT2D eigenvalue weighted by Crippen LogP contribution is -2.47. The van der Waals surface area contributed by atoms with Gasteiger partial charge in [0.15, 0.2) is 6.29 Å². The molecular formula is C51H55N3O7S. The van der Waals surface area contributed by atoms with Gasteiger partial charge >= 0.3 is 0 Å². The van der Waals surface area contributed by atoms with Crippen molar-refractivity contribution in [2.24, 2.45) is 0 Å². The quantitative estimate of drug-likeness (QED) is 0.0726. The van der Waals surface area contributed by atoms with Gasteiger partial charge in [-0.2, -0.15) is 4.72 Å². The molecule has 10 nitrogen and oxygen atoms in total. The first-order chi connectivity index (χ1) is 29.9. The lowest BCUT2D eigenvalue weighted by Gasteiger charge is -2.39. The summed E-state index contributed by atoms with van der Waals surface area (Å²) in [5.74, 6) is -0.430. The predicted molar refractivity (Wildman–Crippen MR) is 241 cm³/mol. The van der Waals surface area contributed by atoms with Crippen molar-refractivity contribution in [3.63, 3.8) is 0 Å². The van der Waals surface area contributed by atoms with E-state index in [1.165, 1.54) is 12.1 Å². The highest BCUT2D eigenvalue weighted by Gasteiger charge is 2.34. The number of nitrogens with zero attached hydrogens (tertiary/aromatic N) is 1. The lowest BCUT2D eigenvalue weighted by atomic mass is 9.98. The Morgan fingerprint density at radius 1 is 0.758 bits per heavy atom. The summed E-state index contributed by atoms with van der Waals surface area (Å²) in [4.78, 5) is 15.9. The molecule has 6 atom stereocenters. The number of aliphatic hydroxyl groups is 2. The fourth-order valence-electron chi connectivity index (χ4n) is 7.71. The Labute approximate surface area is 365 Å². The highest BCUT2D eigenvalue weighted by Crippen LogP contribution is 2.39. The molecule has 1 heterocycles. The molecule has 0 radical (unpaired) electrons. The van der Waals surface area contributed by atoms with Crippen molar-refractivity contribution in [2.75, 3.05) is 13.6 Å². The van der Waals surface area contributed by atoms with Crippen LogP contribution in [0.25, 0.3) is 11.1 Å². The van der Waals surface area contributed by atoms with E-state index in [4.69, 9.17) is 9.47 Å². The van der Waals surface area contributed by atoms with Gasteiger partial charge in [0.05, 0.1) is 29.8 Å². The number of sulfonamides is 1. The summed E-state index contributed by atoms with van der Waals surface area (Å²) in [6.07, 6.45) is -0.983. The highest BCUT2D eigenvalue weighted by atomic mass is 32.2. The van der Waals surface area contributed by atoms with E-state index in [1.807, 2.05) is 154 Å². The molecule has 1 amide bonds. The SMILES string of the molecule is Cc1ccc(S(=O)(=O)NC(Cc2ccccc2)C(=O)NCc2cccc(-c3ccc(C4OC(CN(C)C(C)C(O)c5ccccc5)CC(c5ccc(CO)cc5)O4)cc3)c2)cc1. The van der Waals surface area contributed by atoms with E-state index in [9.17, 15) is 23.4 Å². The number of ether oxygens (including phenoxy) is 2. The molecule has 0 bridgehead atoms. The van der Waals surface area contributed by atoms with Gasteiger partial charge in [0.2, 0.25) is 15.9 Å². The zero-order chi connectivity index (χ0) is 43.6. The Kier molecular flexibility index (Phi) is 14.8. The third-order valence-corrected chi connectivity index (χ3v) is 13.0. The summed E-state index contributed by atoms with van der Waals surface area (Å²) < 4.78 is 42.7. The predicted octanol–water partition coefficient (Wildman–Crippen LogP) is 7.96. The van der Waals surface area contributed by atoms with Crippen molar-refractivity contribution in [2.45, 2.75) is 81.4 Å². The first-order valence-corrected chi connectivity index (χ1v) is 22.5. The van der Waals surface area contributed by atoms with Crippen LogP contribution >= 0.6 is 0 Å². The third-order valence-electron chi connectivity index (χ3n) is 11.5. The maximum Gasteiger partial charge on any atom is 0.241 e. The van der Waals surface area contributed by atoms with Crippen molar-refractivity contribution in [1.29, 1.82) is 0 Å². The average molecular weight is 854 g/mol. The van der Waals surface area contributed by atoms with E-state index < -0.39 is 34.4 Å². The normalized spacial score (nSPS) is 18.2. The number of carbonyl (C=O) groups excluding carboxylic acids is 1. The van der Waals surface area contributed by atoms with E-state index in [-0.39, 0.29) is 42.7 Å². The summed E-state index contributed by atoms with van der Waals surface area (Å²) in [6.45, 7) is 4.63. The van der Waals surface area contributed by atoms with Crippen LogP contribution in [0.4, 0.5) is 0 Å². The number of nitrogens with one attached hydrogen (secondary N) is 2. The first-order valence-electron chi connectivity index (χ1n) is 21.0. The van der Waals surface area contributed by atoms with Gasteiger partial charge in [-0.15, -0.1) is 0 Å². The van der Waals surface area contributed by atoms with Crippen LogP contribution in [0.3, 0.4) is 0 Å². The van der Waals surface area contributed by atoms with E-state index in [0.29, 0.717) is 13.0 Å². The second-order valence-electron chi connectivity index (χ2n) is 16.1. The van der Waals surface area contributed by atoms with Crippen molar-refractivity contribution in [3.8, 4) is 11.1 Å². The molecule has 7 rings (SSSR count). The zero-order valence-electron chi connectivity index (χ0n) is 35.3. The molecule has 322 valence electrons. The van der Waals surface area contributed by atoms with Crippen LogP contribution in [0.15, 0.2) is 163 Å². The van der Waals surface area contributed by atoms with Gasteiger partial charge in [0.1, 0.15) is 6.04 Å². The summed E-state index contributed by atoms with van der Waals surface area (Å²) in [5.41, 5.74) is 8.07. The average Bonchev–Trinajstić information content (AvgIpc) is 3.30. The summed E-state index contributed by atoms with van der Waals surface area (Å²) in [7, 11) is -1.97. The molecule has 4 N–H and O–H groups in total. The molecular weight excluding hydrogens is 799 g/mol. The molecule has 0 spiro atoms. The van der Waals surface area contributed by atoms with E-state index in [0.717, 1.165) is 50.1 Å². The molecule has 1 fully saturated rings. The second kappa shape index (κ2) is 20.6. The molecule has 11 heteroatoms. The molecule has 0 saturated carbocycles. The largest absolute Gasteiger partial charge is 0.392 e. The zero-order valence-corrected chi connectivity index (χ0v) is 36.1. The van der Waals surface area contributed by atoms with Gasteiger partial charge in [0.25, 0.3) is 0 Å². The topological polar surface area (TPSA) is 137 Å². The smallest absolute Gasteiger partial charge is 0.241 e. The number of benzene rings is 6. The monoisotopic (exact) mass is 853 g/mol. The molecule has 0 aromatic heterocycles. The van der Waals surface area contributed by atoms with Crippen LogP contribution in [0, 0.1) is 6.92 Å². The van der Waals surface area contributed by atoms with Gasteiger partial charge in [-0.3, -0.25) is 9.69 Å². The highest BCUT2D eigenvalue weighted by molar-refractivity contribution is 7.89. The molecule has 6 aromatic carbocycles. The van der Waals surface area contributed by atoms with E-state index >= 15 is 0 Å². The fraction of sp³-hybridized carbons (Fsp3) is 0.275. The number of carbonyl (C=O) groups is 1. The van der Waals surface area contributed by atoms with Crippen LogP contribution in [0.2, 0.25) is 0 Å².